The molecule has 2 nitrogen and oxygen atoms in total. The Labute approximate surface area is 80.7 Å². The fourth-order valence-corrected chi connectivity index (χ4v) is 0.664. The van der Waals surface area contributed by atoms with Crippen molar-refractivity contribution in [2.45, 2.75) is 39.0 Å². The van der Waals surface area contributed by atoms with Crippen LogP contribution in [0.2, 0.25) is 0 Å². The van der Waals surface area contributed by atoms with E-state index in [4.69, 9.17) is 4.74 Å². The van der Waals surface area contributed by atoms with E-state index >= 15 is 0 Å². The number of alkyl halides is 3. The van der Waals surface area contributed by atoms with Gasteiger partial charge in [-0.3, -0.25) is 0 Å². The van der Waals surface area contributed by atoms with Crippen LogP contribution in [0.25, 0.3) is 0 Å². The average Bonchev–Trinajstić information content (AvgIpc) is 1.78. The molecular weight excluding hydrogens is 197 g/mol. The van der Waals surface area contributed by atoms with Crippen LogP contribution in [0.1, 0.15) is 27.2 Å². The Balaban J connectivity index is 4.22. The van der Waals surface area contributed by atoms with E-state index < -0.39 is 29.7 Å². The van der Waals surface area contributed by atoms with Crippen LogP contribution < -0.4 is 0 Å². The third-order valence-corrected chi connectivity index (χ3v) is 1.10. The van der Waals surface area contributed by atoms with Crippen LogP contribution in [-0.4, -0.2) is 17.7 Å². The number of esters is 1. The molecule has 0 saturated carbocycles. The zero-order chi connectivity index (χ0) is 11.6. The topological polar surface area (TPSA) is 26.3 Å². The summed E-state index contributed by atoms with van der Waals surface area (Å²) in [6, 6.07) is 0. The molecule has 0 aromatic carbocycles. The fraction of sp³-hybridized carbons (Fsp3) is 0.667. The van der Waals surface area contributed by atoms with Crippen molar-refractivity contribution < 1.29 is 22.7 Å². The number of ether oxygens (including phenoxy) is 1. The van der Waals surface area contributed by atoms with Gasteiger partial charge in [0.1, 0.15) is 5.60 Å². The SMILES string of the molecule is C=C(CC(F)(F)F)C(=O)OC(C)(C)C. The quantitative estimate of drug-likeness (QED) is 0.517. The Morgan fingerprint density at radius 2 is 1.71 bits per heavy atom. The zero-order valence-corrected chi connectivity index (χ0v) is 8.36. The molecule has 0 radical (unpaired) electrons. The van der Waals surface area contributed by atoms with Crippen LogP contribution in [0, 0.1) is 0 Å². The van der Waals surface area contributed by atoms with E-state index in [9.17, 15) is 18.0 Å². The first-order chi connectivity index (χ1) is 6.01. The lowest BCUT2D eigenvalue weighted by molar-refractivity contribution is -0.156. The Morgan fingerprint density at radius 1 is 1.29 bits per heavy atom. The second-order valence-corrected chi connectivity index (χ2v) is 3.90. The first-order valence-corrected chi connectivity index (χ1v) is 3.99. The maximum Gasteiger partial charge on any atom is 0.393 e. The molecule has 0 fully saturated rings. The van der Waals surface area contributed by atoms with E-state index in [2.05, 4.69) is 6.58 Å². The molecule has 14 heavy (non-hydrogen) atoms. The standard InChI is InChI=1S/C9H13F3O2/c1-6(5-9(10,11)12)7(13)14-8(2,3)4/h1,5H2,2-4H3. The molecule has 0 aliphatic carbocycles. The minimum atomic E-state index is -4.42. The Morgan fingerprint density at radius 3 is 2.00 bits per heavy atom. The largest absolute Gasteiger partial charge is 0.457 e. The molecular formula is C9H13F3O2. The molecule has 0 saturated heterocycles. The summed E-state index contributed by atoms with van der Waals surface area (Å²) >= 11 is 0. The summed E-state index contributed by atoms with van der Waals surface area (Å²) in [7, 11) is 0. The van der Waals surface area contributed by atoms with Gasteiger partial charge in [0.2, 0.25) is 0 Å². The van der Waals surface area contributed by atoms with Crippen molar-refractivity contribution in [2.24, 2.45) is 0 Å². The first kappa shape index (κ1) is 13.0. The number of rotatable bonds is 2. The molecule has 0 aliphatic rings. The highest BCUT2D eigenvalue weighted by atomic mass is 19.4. The van der Waals surface area contributed by atoms with E-state index in [0.29, 0.717) is 0 Å². The first-order valence-electron chi connectivity index (χ1n) is 3.99. The van der Waals surface area contributed by atoms with Gasteiger partial charge in [-0.2, -0.15) is 13.2 Å². The van der Waals surface area contributed by atoms with Crippen molar-refractivity contribution in [3.8, 4) is 0 Å². The van der Waals surface area contributed by atoms with Crippen molar-refractivity contribution in [1.29, 1.82) is 0 Å². The van der Waals surface area contributed by atoms with Crippen molar-refractivity contribution in [2.75, 3.05) is 0 Å². The van der Waals surface area contributed by atoms with Gasteiger partial charge < -0.3 is 4.74 Å². The van der Waals surface area contributed by atoms with Crippen LogP contribution in [0.5, 0.6) is 0 Å². The molecule has 0 amide bonds. The number of halogens is 3. The lowest BCUT2D eigenvalue weighted by atomic mass is 10.1. The van der Waals surface area contributed by atoms with Gasteiger partial charge in [-0.1, -0.05) is 6.58 Å². The van der Waals surface area contributed by atoms with Crippen molar-refractivity contribution in [3.63, 3.8) is 0 Å². The van der Waals surface area contributed by atoms with Gasteiger partial charge in [-0.05, 0) is 20.8 Å². The molecule has 0 bridgehead atoms. The van der Waals surface area contributed by atoms with E-state index in [-0.39, 0.29) is 0 Å². The molecule has 0 aliphatic heterocycles. The van der Waals surface area contributed by atoms with Gasteiger partial charge in [0.25, 0.3) is 0 Å². The second-order valence-electron chi connectivity index (χ2n) is 3.90. The molecule has 0 atom stereocenters. The minimum absolute atomic E-state index is 0.576. The highest BCUT2D eigenvalue weighted by Crippen LogP contribution is 2.25. The van der Waals surface area contributed by atoms with E-state index in [1.165, 1.54) is 0 Å². The zero-order valence-electron chi connectivity index (χ0n) is 8.36. The van der Waals surface area contributed by atoms with Crippen LogP contribution in [-0.2, 0) is 9.53 Å². The maximum absolute atomic E-state index is 11.8. The molecule has 0 rings (SSSR count). The second kappa shape index (κ2) is 4.02. The predicted octanol–water partition coefficient (Wildman–Crippen LogP) is 2.84. The van der Waals surface area contributed by atoms with Gasteiger partial charge in [0, 0.05) is 5.57 Å². The summed E-state index contributed by atoms with van der Waals surface area (Å²) < 4.78 is 40.2. The molecule has 82 valence electrons. The molecule has 0 aromatic heterocycles. The fourth-order valence-electron chi connectivity index (χ4n) is 0.664. The van der Waals surface area contributed by atoms with Crippen LogP contribution in [0.4, 0.5) is 13.2 Å². The third-order valence-electron chi connectivity index (χ3n) is 1.10. The normalized spacial score (nSPS) is 12.4. The van der Waals surface area contributed by atoms with Crippen molar-refractivity contribution >= 4 is 5.97 Å². The van der Waals surface area contributed by atoms with E-state index in [1.54, 1.807) is 20.8 Å². The van der Waals surface area contributed by atoms with Crippen molar-refractivity contribution in [1.82, 2.24) is 0 Å². The summed E-state index contributed by atoms with van der Waals surface area (Å²) in [6.45, 7) is 7.76. The van der Waals surface area contributed by atoms with E-state index in [1.807, 2.05) is 0 Å². The Bertz CT molecular complexity index is 209. The number of carbonyl (C=O) groups is 1. The lowest BCUT2D eigenvalue weighted by Gasteiger charge is -2.20. The van der Waals surface area contributed by atoms with Gasteiger partial charge in [-0.15, -0.1) is 0 Å². The molecule has 0 aromatic rings. The summed E-state index contributed by atoms with van der Waals surface area (Å²) in [5.41, 5.74) is -1.38. The van der Waals surface area contributed by atoms with E-state index in [0.717, 1.165) is 0 Å². The van der Waals surface area contributed by atoms with Crippen LogP contribution >= 0.6 is 0 Å². The van der Waals surface area contributed by atoms with Gasteiger partial charge in [0.15, 0.2) is 0 Å². The van der Waals surface area contributed by atoms with Gasteiger partial charge in [-0.25, -0.2) is 4.79 Å². The summed E-state index contributed by atoms with van der Waals surface area (Å²) in [4.78, 5) is 11.0. The summed E-state index contributed by atoms with van der Waals surface area (Å²) in [6.07, 6.45) is -5.75. The Kier molecular flexibility index (Phi) is 3.73. The highest BCUT2D eigenvalue weighted by molar-refractivity contribution is 5.88. The van der Waals surface area contributed by atoms with Gasteiger partial charge >= 0.3 is 12.1 Å². The minimum Gasteiger partial charge on any atom is -0.457 e. The number of hydrogen-bond donors (Lipinski definition) is 0. The van der Waals surface area contributed by atoms with Crippen LogP contribution in [0.3, 0.4) is 0 Å². The highest BCUT2D eigenvalue weighted by Gasteiger charge is 2.32. The summed E-state index contributed by atoms with van der Waals surface area (Å²) in [5.74, 6) is -1.00. The van der Waals surface area contributed by atoms with Crippen LogP contribution in [0.15, 0.2) is 12.2 Å². The van der Waals surface area contributed by atoms with Gasteiger partial charge in [0.05, 0.1) is 6.42 Å². The predicted molar refractivity (Wildman–Crippen MR) is 45.7 cm³/mol. The molecule has 0 unspecified atom stereocenters. The summed E-state index contributed by atoms with van der Waals surface area (Å²) in [5, 5.41) is 0. The smallest absolute Gasteiger partial charge is 0.393 e. The molecule has 5 heteroatoms. The average molecular weight is 210 g/mol. The maximum atomic E-state index is 11.8. The number of carbonyl (C=O) groups excluding carboxylic acids is 1. The molecule has 0 N–H and O–H groups in total. The van der Waals surface area contributed by atoms with Crippen molar-refractivity contribution in [3.05, 3.63) is 12.2 Å². The lowest BCUT2D eigenvalue weighted by Crippen LogP contribution is -2.26. The molecule has 0 spiro atoms. The third kappa shape index (κ3) is 6.51. The monoisotopic (exact) mass is 210 g/mol. The number of hydrogen-bond acceptors (Lipinski definition) is 2. The molecule has 0 heterocycles. The Hall–Kier alpha value is -1.00.